The predicted molar refractivity (Wildman–Crippen MR) is 86.9 cm³/mol. The second-order valence-electron chi connectivity index (χ2n) is 6.29. The average Bonchev–Trinajstić information content (AvgIpc) is 3.07. The zero-order chi connectivity index (χ0) is 18.0. The van der Waals surface area contributed by atoms with Crippen LogP contribution in [0, 0.1) is 5.92 Å². The Labute approximate surface area is 143 Å². The van der Waals surface area contributed by atoms with Crippen molar-refractivity contribution in [2.75, 3.05) is 25.1 Å². The lowest BCUT2D eigenvalue weighted by Gasteiger charge is -2.38. The molecule has 2 aromatic heterocycles. The Balaban J connectivity index is 1.68. The van der Waals surface area contributed by atoms with Crippen LogP contribution in [-0.4, -0.2) is 52.1 Å². The first-order valence-electron chi connectivity index (χ1n) is 8.21. The summed E-state index contributed by atoms with van der Waals surface area (Å²) in [5.41, 5.74) is 0.715. The molecule has 3 heterocycles. The number of hydrogen-bond acceptors (Lipinski definition) is 5. The molecule has 0 spiro atoms. The third kappa shape index (κ3) is 4.09. The summed E-state index contributed by atoms with van der Waals surface area (Å²) in [4.78, 5) is 23.6. The van der Waals surface area contributed by atoms with Crippen LogP contribution < -0.4 is 5.01 Å². The number of carbonyl (C=O) groups excluding carboxylic acids is 1. The zero-order valence-corrected chi connectivity index (χ0v) is 13.9. The van der Waals surface area contributed by atoms with Crippen LogP contribution in [-0.2, 0) is 4.79 Å². The van der Waals surface area contributed by atoms with E-state index in [4.69, 9.17) is 0 Å². The SMILES string of the molecule is CN(c1ncnc2[nH]ccc12)N1CCC[C@H](C(=O)CCC(F)(F)F)C1. The molecule has 0 unspecified atom stereocenters. The number of aromatic nitrogens is 3. The molecule has 3 rings (SSSR count). The van der Waals surface area contributed by atoms with Gasteiger partial charge >= 0.3 is 6.18 Å². The number of fused-ring (bicyclic) bond motifs is 1. The Morgan fingerprint density at radius 2 is 2.24 bits per heavy atom. The number of ketones is 1. The fourth-order valence-electron chi connectivity index (χ4n) is 3.21. The van der Waals surface area contributed by atoms with Crippen LogP contribution in [0.5, 0.6) is 0 Å². The number of nitrogens with one attached hydrogen (secondary N) is 1. The number of aromatic amines is 1. The fourth-order valence-corrected chi connectivity index (χ4v) is 3.21. The van der Waals surface area contributed by atoms with E-state index in [0.29, 0.717) is 24.4 Å². The lowest BCUT2D eigenvalue weighted by Crippen LogP contribution is -2.48. The van der Waals surface area contributed by atoms with Gasteiger partial charge in [-0.3, -0.25) is 9.80 Å². The Kier molecular flexibility index (Phi) is 4.94. The van der Waals surface area contributed by atoms with E-state index in [1.165, 1.54) is 6.33 Å². The fraction of sp³-hybridized carbons (Fsp3) is 0.562. The van der Waals surface area contributed by atoms with E-state index in [1.807, 2.05) is 23.1 Å². The minimum atomic E-state index is -4.29. The first-order chi connectivity index (χ1) is 11.8. The Morgan fingerprint density at radius 1 is 1.44 bits per heavy atom. The summed E-state index contributed by atoms with van der Waals surface area (Å²) >= 11 is 0. The molecule has 0 amide bonds. The van der Waals surface area contributed by atoms with Gasteiger partial charge in [0, 0.05) is 38.7 Å². The van der Waals surface area contributed by atoms with Gasteiger partial charge in [-0.25, -0.2) is 15.0 Å². The largest absolute Gasteiger partial charge is 0.389 e. The van der Waals surface area contributed by atoms with Crippen molar-refractivity contribution in [3.63, 3.8) is 0 Å². The molecule has 0 bridgehead atoms. The smallest absolute Gasteiger partial charge is 0.346 e. The maximum absolute atomic E-state index is 12.3. The van der Waals surface area contributed by atoms with E-state index < -0.39 is 19.0 Å². The average molecular weight is 355 g/mol. The molecule has 1 atom stereocenters. The minimum Gasteiger partial charge on any atom is -0.346 e. The topological polar surface area (TPSA) is 65.1 Å². The quantitative estimate of drug-likeness (QED) is 0.893. The van der Waals surface area contributed by atoms with Gasteiger partial charge in [0.2, 0.25) is 0 Å². The molecular formula is C16H20F3N5O. The summed E-state index contributed by atoms with van der Waals surface area (Å²) < 4.78 is 37.0. The normalized spacial score (nSPS) is 19.3. The van der Waals surface area contributed by atoms with Gasteiger partial charge in [0.1, 0.15) is 17.8 Å². The number of H-pyrrole nitrogens is 1. The van der Waals surface area contributed by atoms with Gasteiger partial charge in [0.15, 0.2) is 5.82 Å². The number of nitrogens with zero attached hydrogens (tertiary/aromatic N) is 4. The number of halogens is 3. The Bertz CT molecular complexity index is 745. The molecule has 6 nitrogen and oxygen atoms in total. The van der Waals surface area contributed by atoms with Gasteiger partial charge in [0.25, 0.3) is 0 Å². The molecule has 0 aliphatic carbocycles. The molecule has 1 saturated heterocycles. The van der Waals surface area contributed by atoms with Crippen molar-refractivity contribution >= 4 is 22.6 Å². The molecule has 9 heteroatoms. The number of hydrogen-bond donors (Lipinski definition) is 1. The zero-order valence-electron chi connectivity index (χ0n) is 13.9. The molecule has 1 aliphatic rings. The van der Waals surface area contributed by atoms with Crippen molar-refractivity contribution in [1.82, 2.24) is 20.0 Å². The van der Waals surface area contributed by atoms with Gasteiger partial charge < -0.3 is 4.98 Å². The number of alkyl halides is 3. The van der Waals surface area contributed by atoms with Crippen LogP contribution in [0.3, 0.4) is 0 Å². The number of Topliss-reactive ketones (excluding diaryl/α,β-unsaturated/α-hetero) is 1. The third-order valence-corrected chi connectivity index (χ3v) is 4.57. The van der Waals surface area contributed by atoms with Crippen LogP contribution in [0.25, 0.3) is 11.0 Å². The summed E-state index contributed by atoms with van der Waals surface area (Å²) in [6.45, 7) is 1.14. The molecule has 1 fully saturated rings. The van der Waals surface area contributed by atoms with Gasteiger partial charge in [-0.2, -0.15) is 13.2 Å². The number of piperidine rings is 1. The standard InChI is InChI=1S/C16H20F3N5O/c1-23(15-12-5-7-20-14(12)21-10-22-15)24-8-2-3-11(9-24)13(25)4-6-16(17,18)19/h5,7,10-11H,2-4,6,8-9H2,1H3,(H,20,21,22)/t11-/m0/s1. The van der Waals surface area contributed by atoms with Crippen molar-refractivity contribution in [3.8, 4) is 0 Å². The van der Waals surface area contributed by atoms with E-state index in [2.05, 4.69) is 15.0 Å². The first-order valence-corrected chi connectivity index (χ1v) is 8.21. The lowest BCUT2D eigenvalue weighted by atomic mass is 9.92. The van der Waals surface area contributed by atoms with Gasteiger partial charge in [-0.1, -0.05) is 0 Å². The second kappa shape index (κ2) is 6.99. The van der Waals surface area contributed by atoms with E-state index in [1.54, 1.807) is 6.20 Å². The van der Waals surface area contributed by atoms with Crippen molar-refractivity contribution in [2.45, 2.75) is 31.9 Å². The molecule has 136 valence electrons. The molecule has 0 aromatic carbocycles. The molecule has 2 aromatic rings. The second-order valence-corrected chi connectivity index (χ2v) is 6.29. The van der Waals surface area contributed by atoms with Crippen molar-refractivity contribution in [1.29, 1.82) is 0 Å². The highest BCUT2D eigenvalue weighted by Crippen LogP contribution is 2.28. The van der Waals surface area contributed by atoms with Gasteiger partial charge in [-0.15, -0.1) is 0 Å². The van der Waals surface area contributed by atoms with E-state index in [9.17, 15) is 18.0 Å². The van der Waals surface area contributed by atoms with E-state index in [-0.39, 0.29) is 11.7 Å². The molecule has 25 heavy (non-hydrogen) atoms. The van der Waals surface area contributed by atoms with Crippen LogP contribution in [0.15, 0.2) is 18.6 Å². The molecule has 0 saturated carbocycles. The van der Waals surface area contributed by atoms with E-state index in [0.717, 1.165) is 18.4 Å². The highest BCUT2D eigenvalue weighted by atomic mass is 19.4. The molecule has 1 aliphatic heterocycles. The van der Waals surface area contributed by atoms with Crippen LogP contribution in [0.1, 0.15) is 25.7 Å². The van der Waals surface area contributed by atoms with E-state index >= 15 is 0 Å². The highest BCUT2D eigenvalue weighted by Gasteiger charge is 2.32. The van der Waals surface area contributed by atoms with Crippen LogP contribution in [0.2, 0.25) is 0 Å². The van der Waals surface area contributed by atoms with Gasteiger partial charge in [-0.05, 0) is 18.9 Å². The van der Waals surface area contributed by atoms with Crippen LogP contribution >= 0.6 is 0 Å². The molecule has 0 radical (unpaired) electrons. The van der Waals surface area contributed by atoms with Crippen molar-refractivity contribution < 1.29 is 18.0 Å². The molecular weight excluding hydrogens is 335 g/mol. The minimum absolute atomic E-state index is 0.315. The summed E-state index contributed by atoms with van der Waals surface area (Å²) in [6, 6.07) is 1.87. The number of hydrazine groups is 1. The Morgan fingerprint density at radius 3 is 3.00 bits per heavy atom. The van der Waals surface area contributed by atoms with Gasteiger partial charge in [0.05, 0.1) is 11.8 Å². The van der Waals surface area contributed by atoms with Crippen LogP contribution in [0.4, 0.5) is 19.0 Å². The first kappa shape index (κ1) is 17.7. The van der Waals surface area contributed by atoms with Crippen molar-refractivity contribution in [3.05, 3.63) is 18.6 Å². The Hall–Kier alpha value is -2.16. The summed E-state index contributed by atoms with van der Waals surface area (Å²) in [6.07, 6.45) is -1.16. The summed E-state index contributed by atoms with van der Waals surface area (Å²) in [5, 5.41) is 4.69. The summed E-state index contributed by atoms with van der Waals surface area (Å²) in [5.74, 6) is 0.0154. The highest BCUT2D eigenvalue weighted by molar-refractivity contribution is 5.87. The molecule has 1 N–H and O–H groups in total. The number of carbonyl (C=O) groups is 1. The maximum Gasteiger partial charge on any atom is 0.389 e. The predicted octanol–water partition coefficient (Wildman–Crippen LogP) is 2.93. The number of rotatable bonds is 5. The van der Waals surface area contributed by atoms with Crippen molar-refractivity contribution in [2.24, 2.45) is 5.92 Å². The monoisotopic (exact) mass is 355 g/mol. The maximum atomic E-state index is 12.3. The number of anilines is 1. The lowest BCUT2D eigenvalue weighted by molar-refractivity contribution is -0.145. The summed E-state index contributed by atoms with van der Waals surface area (Å²) in [7, 11) is 1.84. The third-order valence-electron chi connectivity index (χ3n) is 4.57.